The molecule has 11 nitrogen and oxygen atoms in total. The van der Waals surface area contributed by atoms with Gasteiger partial charge in [-0.2, -0.15) is 0 Å². The van der Waals surface area contributed by atoms with Crippen LogP contribution in [0.2, 0.25) is 0 Å². The number of carbonyl (C=O) groups excluding carboxylic acids is 3. The molecule has 3 saturated heterocycles. The van der Waals surface area contributed by atoms with E-state index >= 15 is 0 Å². The number of aliphatic carboxylic acids is 3. The maximum atomic E-state index is 11.2. The van der Waals surface area contributed by atoms with Gasteiger partial charge in [0.1, 0.15) is 11.4 Å². The maximum Gasteiger partial charge on any atom is 3.00 e. The van der Waals surface area contributed by atoms with E-state index < -0.39 is 42.5 Å². The number of pyridine rings is 1. The maximum absolute atomic E-state index is 11.2. The zero-order valence-electron chi connectivity index (χ0n) is 20.7. The third-order valence-electron chi connectivity index (χ3n) is 7.07. The quantitative estimate of drug-likeness (QED) is 0.249. The summed E-state index contributed by atoms with van der Waals surface area (Å²) in [6, 6.07) is 7.96. The molecule has 38 heavy (non-hydrogen) atoms. The summed E-state index contributed by atoms with van der Waals surface area (Å²) in [5.41, 5.74) is -1.13. The van der Waals surface area contributed by atoms with Gasteiger partial charge in [-0.25, -0.2) is 0 Å². The number of hydrogen-bond donors (Lipinski definition) is 2. The van der Waals surface area contributed by atoms with E-state index in [1.54, 1.807) is 13.3 Å². The van der Waals surface area contributed by atoms with Gasteiger partial charge in [0.2, 0.25) is 0 Å². The van der Waals surface area contributed by atoms with E-state index in [-0.39, 0.29) is 23.1 Å². The van der Waals surface area contributed by atoms with Crippen LogP contribution in [0, 0.1) is 11.8 Å². The van der Waals surface area contributed by atoms with E-state index in [2.05, 4.69) is 22.5 Å². The minimum atomic E-state index is -2.97. The second-order valence-corrected chi connectivity index (χ2v) is 9.39. The first kappa shape index (κ1) is 31.2. The first-order valence-electron chi connectivity index (χ1n) is 11.8. The van der Waals surface area contributed by atoms with Gasteiger partial charge < -0.3 is 44.7 Å². The third-order valence-corrected chi connectivity index (χ3v) is 7.07. The average Bonchev–Trinajstić information content (AvgIpc) is 2.87. The molecule has 1 radical (unpaired) electrons. The van der Waals surface area contributed by atoms with Crippen LogP contribution in [0.5, 0.6) is 5.75 Å². The molecule has 0 aliphatic carbocycles. The molecule has 12 heteroatoms. The van der Waals surface area contributed by atoms with Crippen LogP contribution in [0.1, 0.15) is 37.4 Å². The number of piperidine rings is 3. The molecule has 2 unspecified atom stereocenters. The molecular formula is C26H29FeN2O9. The Labute approximate surface area is 230 Å². The van der Waals surface area contributed by atoms with Crippen molar-refractivity contribution in [1.29, 1.82) is 0 Å². The average molecular weight is 569 g/mol. The van der Waals surface area contributed by atoms with Crippen LogP contribution in [0.15, 0.2) is 43.1 Å². The molecule has 205 valence electrons. The minimum absolute atomic E-state index is 0. The molecule has 2 N–H and O–H groups in total. The van der Waals surface area contributed by atoms with Crippen LogP contribution in [-0.4, -0.2) is 69.8 Å². The summed E-state index contributed by atoms with van der Waals surface area (Å²) >= 11 is 0. The molecule has 2 aromatic rings. The summed E-state index contributed by atoms with van der Waals surface area (Å²) in [5.74, 6) is -3.98. The number of carboxylic acid groups (broad SMARTS) is 3. The van der Waals surface area contributed by atoms with Crippen molar-refractivity contribution in [2.75, 3.05) is 20.2 Å². The monoisotopic (exact) mass is 569 g/mol. The summed E-state index contributed by atoms with van der Waals surface area (Å²) < 4.78 is 5.35. The Kier molecular flexibility index (Phi) is 10.8. The molecule has 0 spiro atoms. The van der Waals surface area contributed by atoms with Crippen molar-refractivity contribution >= 4 is 28.8 Å². The standard InChI is InChI=1S/C20H24N2O2.C6H8O7.Fe/c1-3-13-12-22-9-7-14(13)10-19(22)20(23)16-6-8-21-18-5-4-15(24-2)11-17(16)18;7-3(8)1-6(13,5(11)12)2-4(9)10;/h3-6,8,11,13-14,19-20,23H,1,7,9-10,12H2,2H3;13H,1-2H2,(H,7,8)(H,9,10)(H,11,12);/q;;+3/p-3/t13-,14?,19-,20-;;/m1../s1. The number of methoxy groups -OCH3 is 1. The minimum Gasteiger partial charge on any atom is -0.550 e. The zero-order chi connectivity index (χ0) is 27.3. The van der Waals surface area contributed by atoms with Crippen LogP contribution in [-0.2, 0) is 31.5 Å². The fourth-order valence-corrected chi connectivity index (χ4v) is 5.13. The molecule has 3 fully saturated rings. The van der Waals surface area contributed by atoms with Gasteiger partial charge in [-0.15, -0.1) is 6.58 Å². The number of benzene rings is 1. The molecule has 0 saturated carbocycles. The third kappa shape index (κ3) is 7.09. The smallest absolute Gasteiger partial charge is 0.550 e. The number of ether oxygens (including phenoxy) is 1. The van der Waals surface area contributed by atoms with Crippen LogP contribution < -0.4 is 20.1 Å². The van der Waals surface area contributed by atoms with Gasteiger partial charge in [0.15, 0.2) is 0 Å². The van der Waals surface area contributed by atoms with Crippen LogP contribution in [0.4, 0.5) is 0 Å². The Bertz CT molecular complexity index is 1160. The number of carbonyl (C=O) groups is 3. The number of hydrogen-bond acceptors (Lipinski definition) is 11. The molecule has 0 amide bonds. The molecule has 5 rings (SSSR count). The molecular weight excluding hydrogens is 540 g/mol. The van der Waals surface area contributed by atoms with E-state index in [9.17, 15) is 34.8 Å². The molecule has 2 bridgehead atoms. The predicted molar refractivity (Wildman–Crippen MR) is 124 cm³/mol. The number of aliphatic hydroxyl groups excluding tert-OH is 1. The van der Waals surface area contributed by atoms with Crippen molar-refractivity contribution in [3.8, 4) is 5.75 Å². The van der Waals surface area contributed by atoms with Crippen molar-refractivity contribution in [2.24, 2.45) is 11.8 Å². The Morgan fingerprint density at radius 2 is 1.89 bits per heavy atom. The van der Waals surface area contributed by atoms with E-state index in [0.29, 0.717) is 11.8 Å². The fourth-order valence-electron chi connectivity index (χ4n) is 5.13. The van der Waals surface area contributed by atoms with Crippen molar-refractivity contribution in [3.05, 3.63) is 48.7 Å². The first-order chi connectivity index (χ1) is 17.5. The van der Waals surface area contributed by atoms with Crippen molar-refractivity contribution in [3.63, 3.8) is 0 Å². The van der Waals surface area contributed by atoms with Crippen molar-refractivity contribution in [1.82, 2.24) is 9.88 Å². The number of fused-ring (bicyclic) bond motifs is 4. The van der Waals surface area contributed by atoms with E-state index in [4.69, 9.17) is 9.84 Å². The van der Waals surface area contributed by atoms with E-state index in [1.165, 1.54) is 6.42 Å². The van der Waals surface area contributed by atoms with E-state index in [0.717, 1.165) is 41.7 Å². The van der Waals surface area contributed by atoms with Gasteiger partial charge in [-0.05, 0) is 61.1 Å². The fraction of sp³-hybridized carbons (Fsp3) is 0.462. The zero-order valence-corrected chi connectivity index (χ0v) is 21.8. The number of rotatable bonds is 9. The van der Waals surface area contributed by atoms with Gasteiger partial charge in [0.25, 0.3) is 0 Å². The molecule has 3 aliphatic rings. The van der Waals surface area contributed by atoms with E-state index in [1.807, 2.05) is 24.3 Å². The number of carboxylic acids is 3. The van der Waals surface area contributed by atoms with Gasteiger partial charge in [0, 0.05) is 48.9 Å². The normalized spacial score (nSPS) is 22.8. The topological polar surface area (TPSA) is 186 Å². The van der Waals surface area contributed by atoms with Gasteiger partial charge in [0.05, 0.1) is 24.7 Å². The van der Waals surface area contributed by atoms with Crippen LogP contribution >= 0.6 is 0 Å². The molecule has 1 aromatic carbocycles. The second kappa shape index (κ2) is 13.2. The van der Waals surface area contributed by atoms with Crippen LogP contribution in [0.3, 0.4) is 0 Å². The Morgan fingerprint density at radius 3 is 2.39 bits per heavy atom. The van der Waals surface area contributed by atoms with Crippen molar-refractivity contribution in [2.45, 2.75) is 43.4 Å². The SMILES string of the molecule is C=C[C@@H]1CN2CCC1C[C@@H]2[C@H](O)c1ccnc2ccc(OC)cc12.O=C([O-])CC(O)(CC(=O)[O-])C(=O)[O-].[Fe+3]. The Morgan fingerprint density at radius 1 is 1.24 bits per heavy atom. The molecule has 3 aliphatic heterocycles. The molecule has 1 aromatic heterocycles. The summed E-state index contributed by atoms with van der Waals surface area (Å²) in [6.07, 6.45) is 2.90. The Balaban J connectivity index is 0.000000313. The largest absolute Gasteiger partial charge is 3.00 e. The Hall–Kier alpha value is -3.02. The number of nitrogens with zero attached hydrogens (tertiary/aromatic N) is 2. The number of aliphatic hydroxyl groups is 2. The predicted octanol–water partition coefficient (Wildman–Crippen LogP) is -2.08. The van der Waals surface area contributed by atoms with Crippen LogP contribution in [0.25, 0.3) is 10.9 Å². The first-order valence-corrected chi connectivity index (χ1v) is 11.8. The molecule has 4 heterocycles. The summed E-state index contributed by atoms with van der Waals surface area (Å²) in [4.78, 5) is 36.9. The summed E-state index contributed by atoms with van der Waals surface area (Å²) in [5, 5.41) is 51.1. The van der Waals surface area contributed by atoms with Crippen molar-refractivity contribution < 1.29 is 61.7 Å². The molecule has 5 atom stereocenters. The summed E-state index contributed by atoms with van der Waals surface area (Å²) in [6.45, 7) is 6.07. The number of aromatic nitrogens is 1. The second-order valence-electron chi connectivity index (χ2n) is 9.39. The summed E-state index contributed by atoms with van der Waals surface area (Å²) in [7, 11) is 1.66. The van der Waals surface area contributed by atoms with Gasteiger partial charge in [-0.1, -0.05) is 6.08 Å². The van der Waals surface area contributed by atoms with Gasteiger partial charge >= 0.3 is 17.1 Å². The van der Waals surface area contributed by atoms with Gasteiger partial charge in [-0.3, -0.25) is 9.88 Å².